The minimum Gasteiger partial charge on any atom is -0.319 e. The van der Waals surface area contributed by atoms with Gasteiger partial charge in [0.15, 0.2) is 5.78 Å². The van der Waals surface area contributed by atoms with Crippen molar-refractivity contribution in [3.05, 3.63) is 18.0 Å². The van der Waals surface area contributed by atoms with Crippen molar-refractivity contribution in [2.45, 2.75) is 37.6 Å². The Kier molecular flexibility index (Phi) is 2.61. The highest BCUT2D eigenvalue weighted by atomic mass is 16.1. The Balaban J connectivity index is 2.03. The normalized spacial score (nSPS) is 19.3. The van der Waals surface area contributed by atoms with Crippen LogP contribution in [-0.4, -0.2) is 21.1 Å². The van der Waals surface area contributed by atoms with Crippen LogP contribution in [0.15, 0.2) is 12.3 Å². The zero-order chi connectivity index (χ0) is 10.9. The number of carbonyl (C=O) groups excluding carboxylic acids is 1. The Morgan fingerprint density at radius 2 is 2.27 bits per heavy atom. The zero-order valence-corrected chi connectivity index (χ0v) is 9.07. The number of hydrogen-bond acceptors (Lipinski definition) is 3. The van der Waals surface area contributed by atoms with Gasteiger partial charge in [0.2, 0.25) is 0 Å². The number of Topliss-reactive ketones (excluding diaryl/α,β-unsaturated/α-hetero) is 1. The van der Waals surface area contributed by atoms with Gasteiger partial charge in [-0.15, -0.1) is 0 Å². The summed E-state index contributed by atoms with van der Waals surface area (Å²) < 4.78 is 1.71. The van der Waals surface area contributed by atoms with E-state index in [9.17, 15) is 4.79 Å². The molecule has 1 saturated carbocycles. The molecule has 4 heteroatoms. The van der Waals surface area contributed by atoms with Crippen molar-refractivity contribution < 1.29 is 4.79 Å². The van der Waals surface area contributed by atoms with E-state index in [1.807, 2.05) is 19.3 Å². The Bertz CT molecular complexity index is 364. The average molecular weight is 207 g/mol. The Labute approximate surface area is 89.5 Å². The molecule has 1 aliphatic carbocycles. The van der Waals surface area contributed by atoms with E-state index in [1.165, 1.54) is 0 Å². The first-order valence-corrected chi connectivity index (χ1v) is 5.41. The van der Waals surface area contributed by atoms with Crippen LogP contribution in [0.5, 0.6) is 0 Å². The second-order valence-electron chi connectivity index (χ2n) is 4.44. The predicted molar refractivity (Wildman–Crippen MR) is 57.3 cm³/mol. The lowest BCUT2D eigenvalue weighted by Gasteiger charge is -2.20. The smallest absolute Gasteiger partial charge is 0.158 e. The van der Waals surface area contributed by atoms with Gasteiger partial charge >= 0.3 is 0 Å². The van der Waals surface area contributed by atoms with Crippen LogP contribution in [0.25, 0.3) is 0 Å². The van der Waals surface area contributed by atoms with E-state index in [-0.39, 0.29) is 5.78 Å². The molecule has 0 radical (unpaired) electrons. The molecule has 1 aliphatic rings. The summed E-state index contributed by atoms with van der Waals surface area (Å²) in [7, 11) is 1.85. The predicted octanol–water partition coefficient (Wildman–Crippen LogP) is 0.803. The topological polar surface area (TPSA) is 60.9 Å². The van der Waals surface area contributed by atoms with Gasteiger partial charge in [-0.25, -0.2) is 0 Å². The van der Waals surface area contributed by atoms with Crippen molar-refractivity contribution in [3.8, 4) is 0 Å². The summed E-state index contributed by atoms with van der Waals surface area (Å²) in [6.07, 6.45) is 6.03. The fourth-order valence-electron chi connectivity index (χ4n) is 2.18. The average Bonchev–Trinajstić information content (AvgIpc) is 2.76. The highest BCUT2D eigenvalue weighted by Gasteiger charge is 2.36. The van der Waals surface area contributed by atoms with Crippen molar-refractivity contribution in [1.82, 2.24) is 9.78 Å². The fraction of sp³-hybridized carbons (Fsp3) is 0.636. The number of hydrogen-bond donors (Lipinski definition) is 1. The van der Waals surface area contributed by atoms with E-state index in [1.54, 1.807) is 4.68 Å². The molecule has 0 saturated heterocycles. The summed E-state index contributed by atoms with van der Waals surface area (Å²) in [6.45, 7) is 0. The maximum Gasteiger partial charge on any atom is 0.158 e. The number of aryl methyl sites for hydroxylation is 1. The molecule has 1 aromatic rings. The molecule has 0 unspecified atom stereocenters. The molecule has 0 spiro atoms. The maximum absolute atomic E-state index is 12.0. The number of aromatic nitrogens is 2. The minimum absolute atomic E-state index is 0.138. The van der Waals surface area contributed by atoms with Crippen LogP contribution in [0.3, 0.4) is 0 Å². The lowest BCUT2D eigenvalue weighted by Crippen LogP contribution is -2.46. The quantitative estimate of drug-likeness (QED) is 0.797. The van der Waals surface area contributed by atoms with Gasteiger partial charge in [-0.05, 0) is 18.9 Å². The first kappa shape index (κ1) is 10.4. The monoisotopic (exact) mass is 207 g/mol. The van der Waals surface area contributed by atoms with Crippen LogP contribution in [0.1, 0.15) is 31.4 Å². The minimum atomic E-state index is -0.572. The molecule has 2 rings (SSSR count). The lowest BCUT2D eigenvalue weighted by atomic mass is 9.91. The van der Waals surface area contributed by atoms with Crippen LogP contribution >= 0.6 is 0 Å². The first-order valence-electron chi connectivity index (χ1n) is 5.41. The molecule has 0 bridgehead atoms. The van der Waals surface area contributed by atoms with E-state index in [0.29, 0.717) is 6.42 Å². The lowest BCUT2D eigenvalue weighted by molar-refractivity contribution is -0.123. The third-order valence-corrected chi connectivity index (χ3v) is 3.16. The molecular weight excluding hydrogens is 190 g/mol. The number of ketones is 1. The van der Waals surface area contributed by atoms with E-state index in [4.69, 9.17) is 5.73 Å². The summed E-state index contributed by atoms with van der Waals surface area (Å²) in [6, 6.07) is 1.87. The highest BCUT2D eigenvalue weighted by molar-refractivity contribution is 5.89. The van der Waals surface area contributed by atoms with Crippen LogP contribution in [0.2, 0.25) is 0 Å². The molecule has 4 nitrogen and oxygen atoms in total. The third-order valence-electron chi connectivity index (χ3n) is 3.16. The van der Waals surface area contributed by atoms with Gasteiger partial charge in [0.1, 0.15) is 0 Å². The van der Waals surface area contributed by atoms with Crippen LogP contribution in [0, 0.1) is 0 Å². The summed E-state index contributed by atoms with van der Waals surface area (Å²) >= 11 is 0. The van der Waals surface area contributed by atoms with Crippen LogP contribution in [-0.2, 0) is 18.3 Å². The molecule has 82 valence electrons. The first-order chi connectivity index (χ1) is 7.10. The standard InChI is InChI=1S/C11H17N3O/c1-14-7-4-9(13-14)8-10(15)11(12)5-2-3-6-11/h4,7H,2-3,5-6,8,12H2,1H3. The van der Waals surface area contributed by atoms with Crippen molar-refractivity contribution in [1.29, 1.82) is 0 Å². The molecule has 1 fully saturated rings. The van der Waals surface area contributed by atoms with Gasteiger partial charge in [-0.3, -0.25) is 9.48 Å². The number of nitrogens with zero attached hydrogens (tertiary/aromatic N) is 2. The molecule has 0 aromatic carbocycles. The third kappa shape index (κ3) is 2.09. The van der Waals surface area contributed by atoms with E-state index in [2.05, 4.69) is 5.10 Å². The maximum atomic E-state index is 12.0. The van der Waals surface area contributed by atoms with E-state index < -0.39 is 5.54 Å². The Morgan fingerprint density at radius 1 is 1.60 bits per heavy atom. The number of rotatable bonds is 3. The van der Waals surface area contributed by atoms with Gasteiger partial charge in [0, 0.05) is 13.2 Å². The molecule has 15 heavy (non-hydrogen) atoms. The second-order valence-corrected chi connectivity index (χ2v) is 4.44. The van der Waals surface area contributed by atoms with Gasteiger partial charge in [-0.1, -0.05) is 12.8 Å². The molecule has 1 aromatic heterocycles. The molecular formula is C11H17N3O. The molecule has 1 heterocycles. The Hall–Kier alpha value is -1.16. The summed E-state index contributed by atoms with van der Waals surface area (Å²) in [5.74, 6) is 0.138. The zero-order valence-electron chi connectivity index (χ0n) is 9.07. The number of nitrogens with two attached hydrogens (primary N) is 1. The fourth-order valence-corrected chi connectivity index (χ4v) is 2.18. The summed E-state index contributed by atoms with van der Waals surface area (Å²) in [4.78, 5) is 12.0. The van der Waals surface area contributed by atoms with Crippen molar-refractivity contribution in [2.75, 3.05) is 0 Å². The van der Waals surface area contributed by atoms with E-state index in [0.717, 1.165) is 31.4 Å². The van der Waals surface area contributed by atoms with Gasteiger partial charge in [-0.2, -0.15) is 5.10 Å². The van der Waals surface area contributed by atoms with Gasteiger partial charge < -0.3 is 5.73 Å². The number of carbonyl (C=O) groups is 1. The SMILES string of the molecule is Cn1ccc(CC(=O)C2(N)CCCC2)n1. The molecule has 2 N–H and O–H groups in total. The van der Waals surface area contributed by atoms with Gasteiger partial charge in [0.25, 0.3) is 0 Å². The van der Waals surface area contributed by atoms with Crippen LogP contribution < -0.4 is 5.73 Å². The van der Waals surface area contributed by atoms with Crippen molar-refractivity contribution in [2.24, 2.45) is 12.8 Å². The summed E-state index contributed by atoms with van der Waals surface area (Å²) in [5.41, 5.74) is 6.32. The molecule has 0 amide bonds. The van der Waals surface area contributed by atoms with Crippen molar-refractivity contribution >= 4 is 5.78 Å². The summed E-state index contributed by atoms with van der Waals surface area (Å²) in [5, 5.41) is 4.19. The molecule has 0 aliphatic heterocycles. The van der Waals surface area contributed by atoms with Gasteiger partial charge in [0.05, 0.1) is 17.7 Å². The second kappa shape index (κ2) is 3.77. The Morgan fingerprint density at radius 3 is 2.80 bits per heavy atom. The largest absolute Gasteiger partial charge is 0.319 e. The van der Waals surface area contributed by atoms with Crippen molar-refractivity contribution in [3.63, 3.8) is 0 Å². The van der Waals surface area contributed by atoms with E-state index >= 15 is 0 Å². The van der Waals surface area contributed by atoms with Crippen LogP contribution in [0.4, 0.5) is 0 Å². The highest BCUT2D eigenvalue weighted by Crippen LogP contribution is 2.28. The molecule has 0 atom stereocenters.